The van der Waals surface area contributed by atoms with E-state index in [2.05, 4.69) is 20.4 Å². The summed E-state index contributed by atoms with van der Waals surface area (Å²) in [5, 5.41) is 14.0. The molecule has 0 unspecified atom stereocenters. The topological polar surface area (TPSA) is 127 Å². The molecule has 0 aliphatic rings. The van der Waals surface area contributed by atoms with Crippen molar-refractivity contribution in [2.75, 3.05) is 33.5 Å². The third-order valence-corrected chi connectivity index (χ3v) is 3.81. The number of benzene rings is 1. The van der Waals surface area contributed by atoms with Gasteiger partial charge in [0.2, 0.25) is 0 Å². The van der Waals surface area contributed by atoms with Gasteiger partial charge in [-0.1, -0.05) is 18.2 Å². The van der Waals surface area contributed by atoms with E-state index in [9.17, 15) is 14.4 Å². The van der Waals surface area contributed by atoms with E-state index in [1.165, 1.54) is 19.2 Å². The minimum atomic E-state index is -0.617. The average Bonchev–Trinajstić information content (AvgIpc) is 2.77. The molecule has 0 atom stereocenters. The lowest BCUT2D eigenvalue weighted by atomic mass is 10.1. The molecular formula is C20H23N3O6. The first-order valence-electron chi connectivity index (χ1n) is 8.94. The molecule has 0 bridgehead atoms. The third-order valence-electron chi connectivity index (χ3n) is 3.81. The van der Waals surface area contributed by atoms with E-state index in [1.54, 1.807) is 30.3 Å². The van der Waals surface area contributed by atoms with Crippen molar-refractivity contribution >= 4 is 17.8 Å². The van der Waals surface area contributed by atoms with Crippen molar-refractivity contribution in [3.8, 4) is 0 Å². The van der Waals surface area contributed by atoms with Crippen LogP contribution in [0.25, 0.3) is 0 Å². The Balaban J connectivity index is 1.84. The highest BCUT2D eigenvalue weighted by Crippen LogP contribution is 2.06. The number of carbonyl (C=O) groups excluding carboxylic acids is 3. The summed E-state index contributed by atoms with van der Waals surface area (Å²) in [4.78, 5) is 39.7. The number of ether oxygens (including phenoxy) is 2. The second-order valence-corrected chi connectivity index (χ2v) is 5.87. The summed E-state index contributed by atoms with van der Waals surface area (Å²) in [7, 11) is 1.24. The molecule has 3 N–H and O–H groups in total. The summed E-state index contributed by atoms with van der Waals surface area (Å²) in [6, 6.07) is 11.3. The highest BCUT2D eigenvalue weighted by atomic mass is 16.5. The van der Waals surface area contributed by atoms with Crippen molar-refractivity contribution < 1.29 is 29.0 Å². The fraction of sp³-hybridized carbons (Fsp3) is 0.300. The fourth-order valence-corrected chi connectivity index (χ4v) is 2.33. The van der Waals surface area contributed by atoms with Crippen molar-refractivity contribution in [2.45, 2.75) is 6.54 Å². The molecule has 0 aliphatic carbocycles. The normalized spacial score (nSPS) is 10.3. The number of carbonyl (C=O) groups is 3. The summed E-state index contributed by atoms with van der Waals surface area (Å²) in [5.41, 5.74) is 1.43. The highest BCUT2D eigenvalue weighted by molar-refractivity contribution is 5.95. The first-order valence-corrected chi connectivity index (χ1v) is 8.94. The maximum Gasteiger partial charge on any atom is 0.356 e. The number of hydrogen-bond acceptors (Lipinski definition) is 7. The Bertz CT molecular complexity index is 838. The van der Waals surface area contributed by atoms with Gasteiger partial charge < -0.3 is 25.2 Å². The number of methoxy groups -OCH3 is 1. The van der Waals surface area contributed by atoms with Gasteiger partial charge in [0.05, 0.1) is 26.9 Å². The van der Waals surface area contributed by atoms with Crippen molar-refractivity contribution in [2.24, 2.45) is 0 Å². The predicted octanol–water partition coefficient (Wildman–Crippen LogP) is 0.537. The van der Waals surface area contributed by atoms with E-state index >= 15 is 0 Å². The Morgan fingerprint density at radius 3 is 2.38 bits per heavy atom. The van der Waals surface area contributed by atoms with Gasteiger partial charge in [-0.2, -0.15) is 0 Å². The van der Waals surface area contributed by atoms with Gasteiger partial charge in [0.15, 0.2) is 0 Å². The molecule has 2 amide bonds. The molecule has 29 heavy (non-hydrogen) atoms. The first-order chi connectivity index (χ1) is 14.0. The standard InChI is InChI=1S/C20H23N3O6/c1-28-20(27)17-4-2-3-16(23-17)19(26)22-13-14-5-7-15(8-6-14)18(25)21-9-11-29-12-10-24/h2-8,24H,9-13H2,1H3,(H,21,25)(H,22,26). The number of nitrogens with one attached hydrogen (secondary N) is 2. The summed E-state index contributed by atoms with van der Waals surface area (Å²) in [5.74, 6) is -1.29. The van der Waals surface area contributed by atoms with Gasteiger partial charge in [0, 0.05) is 18.7 Å². The van der Waals surface area contributed by atoms with Crippen molar-refractivity contribution in [3.63, 3.8) is 0 Å². The predicted molar refractivity (Wildman–Crippen MR) is 103 cm³/mol. The van der Waals surface area contributed by atoms with E-state index in [0.717, 1.165) is 5.56 Å². The number of pyridine rings is 1. The summed E-state index contributed by atoms with van der Waals surface area (Å²) in [6.07, 6.45) is 0. The number of aliphatic hydroxyl groups is 1. The molecule has 1 aromatic heterocycles. The molecule has 154 valence electrons. The lowest BCUT2D eigenvalue weighted by Crippen LogP contribution is -2.27. The van der Waals surface area contributed by atoms with Gasteiger partial charge in [-0.05, 0) is 29.8 Å². The maximum absolute atomic E-state index is 12.2. The lowest BCUT2D eigenvalue weighted by molar-refractivity contribution is 0.0593. The minimum Gasteiger partial charge on any atom is -0.464 e. The Morgan fingerprint density at radius 1 is 0.966 bits per heavy atom. The summed E-state index contributed by atoms with van der Waals surface area (Å²) >= 11 is 0. The Morgan fingerprint density at radius 2 is 1.69 bits per heavy atom. The zero-order valence-corrected chi connectivity index (χ0v) is 16.0. The Kier molecular flexibility index (Phi) is 8.74. The van der Waals surface area contributed by atoms with Crippen molar-refractivity contribution in [1.29, 1.82) is 0 Å². The molecule has 1 heterocycles. The minimum absolute atomic E-state index is 0.0530. The van der Waals surface area contributed by atoms with E-state index < -0.39 is 11.9 Å². The summed E-state index contributed by atoms with van der Waals surface area (Å²) in [6.45, 7) is 1.08. The fourth-order valence-electron chi connectivity index (χ4n) is 2.33. The van der Waals surface area contributed by atoms with Crippen LogP contribution in [-0.4, -0.2) is 61.3 Å². The number of amides is 2. The molecule has 9 heteroatoms. The smallest absolute Gasteiger partial charge is 0.356 e. The first kappa shape index (κ1) is 22.0. The number of nitrogens with zero attached hydrogens (tertiary/aromatic N) is 1. The molecule has 0 saturated heterocycles. The van der Waals surface area contributed by atoms with Crippen LogP contribution in [0.1, 0.15) is 36.9 Å². The van der Waals surface area contributed by atoms with Crippen LogP contribution in [0, 0.1) is 0 Å². The molecule has 0 aliphatic heterocycles. The number of aliphatic hydroxyl groups excluding tert-OH is 1. The highest BCUT2D eigenvalue weighted by Gasteiger charge is 2.12. The van der Waals surface area contributed by atoms with Crippen LogP contribution < -0.4 is 10.6 Å². The zero-order chi connectivity index (χ0) is 21.1. The van der Waals surface area contributed by atoms with Gasteiger partial charge in [-0.3, -0.25) is 9.59 Å². The van der Waals surface area contributed by atoms with Crippen LogP contribution in [0.5, 0.6) is 0 Å². The molecule has 0 saturated carbocycles. The van der Waals surface area contributed by atoms with Crippen LogP contribution in [0.3, 0.4) is 0 Å². The largest absolute Gasteiger partial charge is 0.464 e. The van der Waals surface area contributed by atoms with Crippen LogP contribution >= 0.6 is 0 Å². The molecule has 1 aromatic carbocycles. The molecule has 2 rings (SSSR count). The van der Waals surface area contributed by atoms with E-state index in [1.807, 2.05) is 0 Å². The van der Waals surface area contributed by atoms with Crippen molar-refractivity contribution in [3.05, 3.63) is 65.0 Å². The number of rotatable bonds is 10. The van der Waals surface area contributed by atoms with E-state index in [4.69, 9.17) is 9.84 Å². The second kappa shape index (κ2) is 11.5. The van der Waals surface area contributed by atoms with Gasteiger partial charge in [-0.15, -0.1) is 0 Å². The Labute approximate surface area is 168 Å². The zero-order valence-electron chi connectivity index (χ0n) is 16.0. The quantitative estimate of drug-likeness (QED) is 0.392. The maximum atomic E-state index is 12.2. The van der Waals surface area contributed by atoms with Gasteiger partial charge >= 0.3 is 5.97 Å². The molecule has 0 fully saturated rings. The average molecular weight is 401 g/mol. The Hall–Kier alpha value is -3.30. The summed E-state index contributed by atoms with van der Waals surface area (Å²) < 4.78 is 9.66. The monoisotopic (exact) mass is 401 g/mol. The number of esters is 1. The van der Waals surface area contributed by atoms with Crippen LogP contribution in [-0.2, 0) is 16.0 Å². The SMILES string of the molecule is COC(=O)c1cccc(C(=O)NCc2ccc(C(=O)NCCOCCO)cc2)n1. The molecule has 2 aromatic rings. The van der Waals surface area contributed by atoms with E-state index in [-0.39, 0.29) is 37.1 Å². The van der Waals surface area contributed by atoms with Crippen molar-refractivity contribution in [1.82, 2.24) is 15.6 Å². The molecule has 0 radical (unpaired) electrons. The van der Waals surface area contributed by atoms with Gasteiger partial charge in [0.25, 0.3) is 11.8 Å². The van der Waals surface area contributed by atoms with Crippen LogP contribution in [0.2, 0.25) is 0 Å². The lowest BCUT2D eigenvalue weighted by Gasteiger charge is -2.08. The molecule has 0 spiro atoms. The molecule has 9 nitrogen and oxygen atoms in total. The molecular weight excluding hydrogens is 378 g/mol. The van der Waals surface area contributed by atoms with Gasteiger partial charge in [-0.25, -0.2) is 9.78 Å². The second-order valence-electron chi connectivity index (χ2n) is 5.87. The van der Waals surface area contributed by atoms with Crippen LogP contribution in [0.4, 0.5) is 0 Å². The van der Waals surface area contributed by atoms with E-state index in [0.29, 0.717) is 18.7 Å². The van der Waals surface area contributed by atoms with Crippen LogP contribution in [0.15, 0.2) is 42.5 Å². The number of hydrogen-bond donors (Lipinski definition) is 3. The van der Waals surface area contributed by atoms with Gasteiger partial charge in [0.1, 0.15) is 11.4 Å². The third kappa shape index (κ3) is 6.98. The number of aromatic nitrogens is 1.